The molecule has 0 spiro atoms. The number of fused-ring (bicyclic) bond motifs is 1. The van der Waals surface area contributed by atoms with Crippen LogP contribution >= 0.6 is 15.9 Å². The number of hydrogen-bond acceptors (Lipinski definition) is 3. The number of nitrogens with zero attached hydrogens (tertiary/aromatic N) is 2. The van der Waals surface area contributed by atoms with E-state index in [9.17, 15) is 10.1 Å². The van der Waals surface area contributed by atoms with E-state index in [0.717, 1.165) is 15.2 Å². The fraction of sp³-hybridized carbons (Fsp3) is 0. The third-order valence-electron chi connectivity index (χ3n) is 1.88. The van der Waals surface area contributed by atoms with Gasteiger partial charge in [-0.15, -0.1) is 0 Å². The molecule has 0 aliphatic heterocycles. The molecule has 0 unspecified atom stereocenters. The maximum atomic E-state index is 10.5. The van der Waals surface area contributed by atoms with Gasteiger partial charge in [0.05, 0.1) is 0 Å². The molecule has 0 amide bonds. The number of benzene rings is 1. The Kier molecular flexibility index (Phi) is 2.17. The van der Waals surface area contributed by atoms with E-state index in [1.165, 1.54) is 12.3 Å². The van der Waals surface area contributed by atoms with Crippen molar-refractivity contribution < 1.29 is 4.92 Å². The van der Waals surface area contributed by atoms with Crippen LogP contribution in [0.15, 0.2) is 34.9 Å². The Bertz CT molecular complexity index is 513. The van der Waals surface area contributed by atoms with Gasteiger partial charge in [-0.3, -0.25) is 0 Å². The molecule has 0 aliphatic rings. The number of halogens is 1. The Balaban J connectivity index is 2.76. The number of aromatic nitrogens is 1. The van der Waals surface area contributed by atoms with Crippen LogP contribution in [-0.2, 0) is 0 Å². The molecule has 0 N–H and O–H groups in total. The first kappa shape index (κ1) is 9.08. The molecule has 14 heavy (non-hydrogen) atoms. The standard InChI is InChI=1S/C9H5BrN2O2/c10-8-3-1-2-6-5-11-9(12(13)14)4-7(6)8/h1-5H. The summed E-state index contributed by atoms with van der Waals surface area (Å²) >= 11 is 3.33. The van der Waals surface area contributed by atoms with Crippen LogP contribution in [0.25, 0.3) is 10.8 Å². The van der Waals surface area contributed by atoms with E-state index in [4.69, 9.17) is 0 Å². The van der Waals surface area contributed by atoms with Gasteiger partial charge in [-0.1, -0.05) is 28.1 Å². The Hall–Kier alpha value is -1.49. The predicted molar refractivity (Wildman–Crippen MR) is 56.1 cm³/mol. The average Bonchev–Trinajstić information content (AvgIpc) is 2.18. The summed E-state index contributed by atoms with van der Waals surface area (Å²) in [5.74, 6) is -0.135. The molecule has 0 bridgehead atoms. The van der Waals surface area contributed by atoms with Gasteiger partial charge >= 0.3 is 5.82 Å². The summed E-state index contributed by atoms with van der Waals surface area (Å²) in [6, 6.07) is 7.02. The summed E-state index contributed by atoms with van der Waals surface area (Å²) in [6.45, 7) is 0. The molecule has 1 heterocycles. The zero-order chi connectivity index (χ0) is 10.1. The normalized spacial score (nSPS) is 10.4. The fourth-order valence-corrected chi connectivity index (χ4v) is 1.72. The molecule has 4 nitrogen and oxygen atoms in total. The molecule has 70 valence electrons. The van der Waals surface area contributed by atoms with Gasteiger partial charge in [-0.05, 0) is 16.0 Å². The number of hydrogen-bond donors (Lipinski definition) is 0. The minimum atomic E-state index is -0.501. The smallest absolute Gasteiger partial charge is 0.358 e. The molecule has 0 fully saturated rings. The predicted octanol–water partition coefficient (Wildman–Crippen LogP) is 2.91. The van der Waals surface area contributed by atoms with Crippen LogP contribution < -0.4 is 0 Å². The van der Waals surface area contributed by atoms with E-state index >= 15 is 0 Å². The SMILES string of the molecule is O=[N+]([O-])c1cc2c(Br)cccc2cn1. The van der Waals surface area contributed by atoms with Gasteiger partial charge in [0.15, 0.2) is 0 Å². The second-order valence-corrected chi connectivity index (χ2v) is 3.61. The molecule has 1 aromatic carbocycles. The highest BCUT2D eigenvalue weighted by molar-refractivity contribution is 9.10. The van der Waals surface area contributed by atoms with Gasteiger partial charge in [0.2, 0.25) is 0 Å². The van der Waals surface area contributed by atoms with Crippen LogP contribution in [-0.4, -0.2) is 9.91 Å². The second kappa shape index (κ2) is 3.34. The zero-order valence-electron chi connectivity index (χ0n) is 6.98. The third-order valence-corrected chi connectivity index (χ3v) is 2.57. The number of nitro groups is 1. The molecule has 2 rings (SSSR count). The zero-order valence-corrected chi connectivity index (χ0v) is 8.56. The Morgan fingerprint density at radius 2 is 2.21 bits per heavy atom. The van der Waals surface area contributed by atoms with Crippen molar-refractivity contribution in [3.8, 4) is 0 Å². The van der Waals surface area contributed by atoms with Crippen molar-refractivity contribution in [2.45, 2.75) is 0 Å². The van der Waals surface area contributed by atoms with Crippen molar-refractivity contribution in [1.29, 1.82) is 0 Å². The van der Waals surface area contributed by atoms with E-state index in [1.807, 2.05) is 18.2 Å². The highest BCUT2D eigenvalue weighted by Crippen LogP contribution is 2.25. The van der Waals surface area contributed by atoms with Crippen LogP contribution in [0.5, 0.6) is 0 Å². The lowest BCUT2D eigenvalue weighted by Gasteiger charge is -1.98. The first-order valence-corrected chi connectivity index (χ1v) is 4.66. The van der Waals surface area contributed by atoms with Gasteiger partial charge in [0.25, 0.3) is 0 Å². The highest BCUT2D eigenvalue weighted by Gasteiger charge is 2.09. The summed E-state index contributed by atoms with van der Waals surface area (Å²) in [5, 5.41) is 12.2. The van der Waals surface area contributed by atoms with E-state index in [2.05, 4.69) is 20.9 Å². The largest absolute Gasteiger partial charge is 0.364 e. The summed E-state index contributed by atoms with van der Waals surface area (Å²) < 4.78 is 0.834. The van der Waals surface area contributed by atoms with Crippen molar-refractivity contribution in [1.82, 2.24) is 4.98 Å². The quantitative estimate of drug-likeness (QED) is 0.579. The van der Waals surface area contributed by atoms with Crippen LogP contribution in [0.3, 0.4) is 0 Å². The molecular weight excluding hydrogens is 248 g/mol. The maximum absolute atomic E-state index is 10.5. The van der Waals surface area contributed by atoms with Crippen molar-refractivity contribution >= 4 is 32.5 Å². The number of pyridine rings is 1. The number of rotatable bonds is 1. The van der Waals surface area contributed by atoms with Crippen LogP contribution in [0.1, 0.15) is 0 Å². The molecular formula is C9H5BrN2O2. The lowest BCUT2D eigenvalue weighted by Crippen LogP contribution is -1.91. The van der Waals surface area contributed by atoms with Gasteiger partial charge in [0.1, 0.15) is 6.20 Å². The summed E-state index contributed by atoms with van der Waals surface area (Å²) in [6.07, 6.45) is 1.50. The minimum absolute atomic E-state index is 0.135. The topological polar surface area (TPSA) is 56.0 Å². The Morgan fingerprint density at radius 1 is 1.43 bits per heavy atom. The van der Waals surface area contributed by atoms with Gasteiger partial charge in [0, 0.05) is 21.3 Å². The second-order valence-electron chi connectivity index (χ2n) is 2.76. The molecule has 0 atom stereocenters. The van der Waals surface area contributed by atoms with Gasteiger partial charge < -0.3 is 10.1 Å². The average molecular weight is 253 g/mol. The van der Waals surface area contributed by atoms with Gasteiger partial charge in [-0.25, -0.2) is 0 Å². The maximum Gasteiger partial charge on any atom is 0.364 e. The van der Waals surface area contributed by atoms with Crippen LogP contribution in [0, 0.1) is 10.1 Å². The van der Waals surface area contributed by atoms with E-state index in [-0.39, 0.29) is 5.82 Å². The fourth-order valence-electron chi connectivity index (χ4n) is 1.22. The third kappa shape index (κ3) is 1.46. The lowest BCUT2D eigenvalue weighted by molar-refractivity contribution is -0.389. The first-order chi connectivity index (χ1) is 6.68. The van der Waals surface area contributed by atoms with Crippen LogP contribution in [0.4, 0.5) is 5.82 Å². The summed E-state index contributed by atoms with van der Waals surface area (Å²) in [7, 11) is 0. The van der Waals surface area contributed by atoms with Crippen molar-refractivity contribution in [3.63, 3.8) is 0 Å². The minimum Gasteiger partial charge on any atom is -0.358 e. The van der Waals surface area contributed by atoms with Crippen molar-refractivity contribution in [2.75, 3.05) is 0 Å². The molecule has 2 aromatic rings. The van der Waals surface area contributed by atoms with E-state index in [1.54, 1.807) is 0 Å². The van der Waals surface area contributed by atoms with Crippen molar-refractivity contribution in [2.24, 2.45) is 0 Å². The van der Waals surface area contributed by atoms with Crippen LogP contribution in [0.2, 0.25) is 0 Å². The first-order valence-electron chi connectivity index (χ1n) is 3.87. The van der Waals surface area contributed by atoms with E-state index < -0.39 is 4.92 Å². The highest BCUT2D eigenvalue weighted by atomic mass is 79.9. The summed E-state index contributed by atoms with van der Waals surface area (Å²) in [4.78, 5) is 13.7. The van der Waals surface area contributed by atoms with Gasteiger partial charge in [-0.2, -0.15) is 0 Å². The lowest BCUT2D eigenvalue weighted by atomic mass is 10.2. The molecule has 0 saturated carbocycles. The molecule has 0 radical (unpaired) electrons. The molecule has 1 aromatic heterocycles. The van der Waals surface area contributed by atoms with Crippen molar-refractivity contribution in [3.05, 3.63) is 45.0 Å². The Labute approximate surface area is 87.9 Å². The summed E-state index contributed by atoms with van der Waals surface area (Å²) in [5.41, 5.74) is 0. The molecule has 0 saturated heterocycles. The molecule has 5 heteroatoms. The van der Waals surface area contributed by atoms with E-state index in [0.29, 0.717) is 0 Å². The Morgan fingerprint density at radius 3 is 2.93 bits per heavy atom. The monoisotopic (exact) mass is 252 g/mol. The molecule has 0 aliphatic carbocycles.